The van der Waals surface area contributed by atoms with Gasteiger partial charge in [0.2, 0.25) is 10.0 Å². The van der Waals surface area contributed by atoms with Gasteiger partial charge in [0.25, 0.3) is 0 Å². The van der Waals surface area contributed by atoms with Gasteiger partial charge < -0.3 is 4.74 Å². The minimum atomic E-state index is -3.50. The largest absolute Gasteiger partial charge is 0.470 e. The van der Waals surface area contributed by atoms with Crippen molar-refractivity contribution in [3.8, 4) is 0 Å². The number of sulfonamides is 1. The molecule has 0 aromatic heterocycles. The van der Waals surface area contributed by atoms with E-state index >= 15 is 0 Å². The van der Waals surface area contributed by atoms with Crippen LogP contribution in [0.25, 0.3) is 0 Å². The number of nitrogens with one attached hydrogen (secondary N) is 1. The van der Waals surface area contributed by atoms with Crippen molar-refractivity contribution in [2.24, 2.45) is 16.8 Å². The van der Waals surface area contributed by atoms with Crippen LogP contribution in [-0.4, -0.2) is 26.9 Å². The Kier molecular flexibility index (Phi) is 6.52. The summed E-state index contributed by atoms with van der Waals surface area (Å²) in [6.07, 6.45) is 0.551. The van der Waals surface area contributed by atoms with Gasteiger partial charge in [0.15, 0.2) is 5.90 Å². The van der Waals surface area contributed by atoms with Crippen LogP contribution < -0.4 is 4.72 Å². The van der Waals surface area contributed by atoms with Crippen LogP contribution in [-0.2, 0) is 14.8 Å². The molecule has 0 saturated carbocycles. The Morgan fingerprint density at radius 3 is 2.25 bits per heavy atom. The fraction of sp³-hybridized carbons (Fsp3) is 0.409. The quantitative estimate of drug-likeness (QED) is 0.723. The van der Waals surface area contributed by atoms with Crippen molar-refractivity contribution in [2.75, 3.05) is 6.54 Å². The summed E-state index contributed by atoms with van der Waals surface area (Å²) in [5.41, 5.74) is 1.11. The molecule has 0 spiro atoms. The molecule has 1 aliphatic rings. The van der Waals surface area contributed by atoms with Crippen LogP contribution in [0.4, 0.5) is 0 Å². The Morgan fingerprint density at radius 1 is 1.04 bits per heavy atom. The fourth-order valence-electron chi connectivity index (χ4n) is 3.47. The van der Waals surface area contributed by atoms with Gasteiger partial charge in [-0.3, -0.25) is 0 Å². The van der Waals surface area contributed by atoms with Crippen LogP contribution in [0.1, 0.15) is 38.9 Å². The summed E-state index contributed by atoms with van der Waals surface area (Å²) < 4.78 is 33.8. The third-order valence-electron chi connectivity index (χ3n) is 5.07. The number of nitrogens with zero attached hydrogens (tertiary/aromatic N) is 1. The fourth-order valence-corrected chi connectivity index (χ4v) is 4.54. The van der Waals surface area contributed by atoms with Crippen LogP contribution in [0, 0.1) is 11.8 Å². The molecule has 0 unspecified atom stereocenters. The topological polar surface area (TPSA) is 67.8 Å². The summed E-state index contributed by atoms with van der Waals surface area (Å²) in [7, 11) is -3.50. The van der Waals surface area contributed by atoms with E-state index in [1.54, 1.807) is 30.3 Å². The van der Waals surface area contributed by atoms with Crippen LogP contribution in [0.2, 0.25) is 0 Å². The van der Waals surface area contributed by atoms with Crippen LogP contribution in [0.15, 0.2) is 70.6 Å². The summed E-state index contributed by atoms with van der Waals surface area (Å²) in [4.78, 5) is 5.04. The molecule has 1 heterocycles. The van der Waals surface area contributed by atoms with Crippen molar-refractivity contribution in [1.29, 1.82) is 0 Å². The summed E-state index contributed by atoms with van der Waals surface area (Å²) in [5, 5.41) is 0. The Morgan fingerprint density at radius 2 is 1.64 bits per heavy atom. The van der Waals surface area contributed by atoms with Gasteiger partial charge in [0.05, 0.1) is 10.9 Å². The minimum Gasteiger partial charge on any atom is -0.470 e. The third-order valence-corrected chi connectivity index (χ3v) is 6.54. The first kappa shape index (κ1) is 20.6. The van der Waals surface area contributed by atoms with Crippen molar-refractivity contribution >= 4 is 15.9 Å². The molecule has 28 heavy (non-hydrogen) atoms. The monoisotopic (exact) mass is 400 g/mol. The average molecular weight is 401 g/mol. The molecular formula is C22H28N2O3S. The van der Waals surface area contributed by atoms with E-state index in [1.165, 1.54) is 0 Å². The highest BCUT2D eigenvalue weighted by atomic mass is 32.2. The molecule has 6 heteroatoms. The SMILES string of the molecule is CC(C)[C@@H](CCNS(=O)(=O)c1ccccc1)C1=N[C@@H](C)[C@@H](c2ccccc2)O1. The molecule has 1 aliphatic heterocycles. The predicted octanol–water partition coefficient (Wildman–Crippen LogP) is 4.19. The summed E-state index contributed by atoms with van der Waals surface area (Å²) in [6.45, 7) is 6.62. The molecule has 2 aromatic rings. The highest BCUT2D eigenvalue weighted by molar-refractivity contribution is 7.89. The van der Waals surface area contributed by atoms with Gasteiger partial charge in [0.1, 0.15) is 6.10 Å². The van der Waals surface area contributed by atoms with E-state index in [2.05, 4.69) is 37.6 Å². The van der Waals surface area contributed by atoms with Crippen molar-refractivity contribution < 1.29 is 13.2 Å². The molecule has 0 amide bonds. The normalized spacial score (nSPS) is 20.6. The maximum atomic E-state index is 12.4. The van der Waals surface area contributed by atoms with Gasteiger partial charge in [-0.05, 0) is 37.0 Å². The molecule has 0 fully saturated rings. The first-order chi connectivity index (χ1) is 13.4. The van der Waals surface area contributed by atoms with Gasteiger partial charge in [-0.2, -0.15) is 0 Å². The molecular weight excluding hydrogens is 372 g/mol. The van der Waals surface area contributed by atoms with Gasteiger partial charge in [-0.25, -0.2) is 18.1 Å². The van der Waals surface area contributed by atoms with Gasteiger partial charge >= 0.3 is 0 Å². The number of rotatable bonds is 8. The number of aliphatic imine (C=N–C) groups is 1. The van der Waals surface area contributed by atoms with E-state index in [-0.39, 0.29) is 23.0 Å². The van der Waals surface area contributed by atoms with E-state index in [0.717, 1.165) is 11.5 Å². The maximum absolute atomic E-state index is 12.4. The zero-order chi connectivity index (χ0) is 20.1. The van der Waals surface area contributed by atoms with E-state index < -0.39 is 10.0 Å². The van der Waals surface area contributed by atoms with Crippen molar-refractivity contribution in [2.45, 2.75) is 44.2 Å². The minimum absolute atomic E-state index is 0.0414. The lowest BCUT2D eigenvalue weighted by atomic mass is 9.92. The number of hydrogen-bond acceptors (Lipinski definition) is 4. The Bertz CT molecular complexity index is 896. The van der Waals surface area contributed by atoms with Crippen molar-refractivity contribution in [3.05, 3.63) is 66.2 Å². The van der Waals surface area contributed by atoms with Gasteiger partial charge in [0, 0.05) is 12.5 Å². The smallest absolute Gasteiger partial charge is 0.240 e. The van der Waals surface area contributed by atoms with Crippen LogP contribution in [0.5, 0.6) is 0 Å². The average Bonchev–Trinajstić information content (AvgIpc) is 3.07. The standard InChI is InChI=1S/C22H28N2O3S/c1-16(2)20(14-15-23-28(25,26)19-12-8-5-9-13-19)22-24-17(3)21(27-22)18-10-6-4-7-11-18/h4-13,16-17,20-21,23H,14-15H2,1-3H3/t17-,20+,21-/m0/s1. The van der Waals surface area contributed by atoms with Crippen molar-refractivity contribution in [3.63, 3.8) is 0 Å². The first-order valence-corrected chi connectivity index (χ1v) is 11.2. The molecule has 1 N–H and O–H groups in total. The molecule has 3 atom stereocenters. The predicted molar refractivity (Wildman–Crippen MR) is 112 cm³/mol. The lowest BCUT2D eigenvalue weighted by molar-refractivity contribution is 0.182. The summed E-state index contributed by atoms with van der Waals surface area (Å²) >= 11 is 0. The van der Waals surface area contributed by atoms with E-state index in [4.69, 9.17) is 9.73 Å². The molecule has 0 saturated heterocycles. The maximum Gasteiger partial charge on any atom is 0.240 e. The molecule has 150 valence electrons. The zero-order valence-electron chi connectivity index (χ0n) is 16.6. The van der Waals surface area contributed by atoms with Crippen LogP contribution in [0.3, 0.4) is 0 Å². The molecule has 0 radical (unpaired) electrons. The Hall–Kier alpha value is -2.18. The van der Waals surface area contributed by atoms with Gasteiger partial charge in [-0.15, -0.1) is 0 Å². The second kappa shape index (κ2) is 8.88. The molecule has 2 aromatic carbocycles. The summed E-state index contributed by atoms with van der Waals surface area (Å²) in [6, 6.07) is 18.6. The van der Waals surface area contributed by atoms with Crippen molar-refractivity contribution in [1.82, 2.24) is 4.72 Å². The number of ether oxygens (including phenoxy) is 1. The zero-order valence-corrected chi connectivity index (χ0v) is 17.4. The molecule has 0 aliphatic carbocycles. The van der Waals surface area contributed by atoms with Crippen LogP contribution >= 0.6 is 0 Å². The summed E-state index contributed by atoms with van der Waals surface area (Å²) in [5.74, 6) is 1.09. The second-order valence-corrected chi connectivity index (χ2v) is 9.27. The highest BCUT2D eigenvalue weighted by Gasteiger charge is 2.34. The highest BCUT2D eigenvalue weighted by Crippen LogP contribution is 2.33. The number of benzene rings is 2. The Balaban J connectivity index is 1.64. The Labute approximate surface area is 167 Å². The molecule has 3 rings (SSSR count). The molecule has 0 bridgehead atoms. The van der Waals surface area contributed by atoms with E-state index in [1.807, 2.05) is 18.2 Å². The lowest BCUT2D eigenvalue weighted by Gasteiger charge is -2.22. The first-order valence-electron chi connectivity index (χ1n) is 9.72. The number of hydrogen-bond donors (Lipinski definition) is 1. The second-order valence-electron chi connectivity index (χ2n) is 7.51. The molecule has 5 nitrogen and oxygen atoms in total. The van der Waals surface area contributed by atoms with E-state index in [0.29, 0.717) is 18.9 Å². The van der Waals surface area contributed by atoms with E-state index in [9.17, 15) is 8.42 Å². The third kappa shape index (κ3) is 4.80. The lowest BCUT2D eigenvalue weighted by Crippen LogP contribution is -2.30. The van der Waals surface area contributed by atoms with Gasteiger partial charge in [-0.1, -0.05) is 62.4 Å².